The number of aliphatic hydroxyl groups is 1. The summed E-state index contributed by atoms with van der Waals surface area (Å²) in [5.41, 5.74) is 1.85. The van der Waals surface area contributed by atoms with Gasteiger partial charge in [0.05, 0.1) is 13.2 Å². The van der Waals surface area contributed by atoms with Crippen LogP contribution in [0.5, 0.6) is 0 Å². The van der Waals surface area contributed by atoms with E-state index in [1.807, 2.05) is 48.1 Å². The van der Waals surface area contributed by atoms with Crippen molar-refractivity contribution in [2.24, 2.45) is 0 Å². The Morgan fingerprint density at radius 3 is 2.71 bits per heavy atom. The first kappa shape index (κ1) is 15.1. The van der Waals surface area contributed by atoms with Crippen LogP contribution in [0, 0.1) is 0 Å². The van der Waals surface area contributed by atoms with Gasteiger partial charge in [0.15, 0.2) is 0 Å². The summed E-state index contributed by atoms with van der Waals surface area (Å²) >= 11 is 0. The molecular formula is C15H20N4O2. The number of aromatic nitrogens is 2. The van der Waals surface area contributed by atoms with Crippen LogP contribution >= 0.6 is 0 Å². The Kier molecular flexibility index (Phi) is 5.34. The van der Waals surface area contributed by atoms with Gasteiger partial charge in [0.1, 0.15) is 0 Å². The van der Waals surface area contributed by atoms with E-state index >= 15 is 0 Å². The summed E-state index contributed by atoms with van der Waals surface area (Å²) in [4.78, 5) is 13.5. The fraction of sp³-hybridized carbons (Fsp3) is 0.333. The van der Waals surface area contributed by atoms with E-state index in [2.05, 4.69) is 10.4 Å². The van der Waals surface area contributed by atoms with Crippen molar-refractivity contribution in [1.82, 2.24) is 14.7 Å². The predicted molar refractivity (Wildman–Crippen MR) is 81.1 cm³/mol. The molecule has 0 spiro atoms. The van der Waals surface area contributed by atoms with Gasteiger partial charge < -0.3 is 15.3 Å². The highest BCUT2D eigenvalue weighted by atomic mass is 16.3. The second-order valence-electron chi connectivity index (χ2n) is 4.63. The van der Waals surface area contributed by atoms with Crippen molar-refractivity contribution in [3.05, 3.63) is 48.3 Å². The predicted octanol–water partition coefficient (Wildman–Crippen LogP) is 1.78. The molecule has 1 aromatic carbocycles. The first-order chi connectivity index (χ1) is 10.2. The fourth-order valence-corrected chi connectivity index (χ4v) is 2.00. The number of anilines is 1. The zero-order valence-corrected chi connectivity index (χ0v) is 12.1. The summed E-state index contributed by atoms with van der Waals surface area (Å²) in [6.07, 6.45) is 3.65. The highest BCUT2D eigenvalue weighted by Gasteiger charge is 2.10. The number of carbonyl (C=O) groups is 1. The SMILES string of the molecule is CCN(CCO)C(=O)Nc1ccc(Cn2cccn2)cc1. The van der Waals surface area contributed by atoms with Gasteiger partial charge in [-0.1, -0.05) is 12.1 Å². The van der Waals surface area contributed by atoms with Crippen molar-refractivity contribution in [2.45, 2.75) is 13.5 Å². The van der Waals surface area contributed by atoms with Crippen LogP contribution in [-0.4, -0.2) is 45.5 Å². The number of benzene rings is 1. The van der Waals surface area contributed by atoms with Gasteiger partial charge >= 0.3 is 6.03 Å². The lowest BCUT2D eigenvalue weighted by molar-refractivity contribution is 0.192. The largest absolute Gasteiger partial charge is 0.395 e. The van der Waals surface area contributed by atoms with Gasteiger partial charge in [-0.2, -0.15) is 5.10 Å². The van der Waals surface area contributed by atoms with E-state index in [0.717, 1.165) is 11.3 Å². The Balaban J connectivity index is 1.94. The first-order valence-corrected chi connectivity index (χ1v) is 6.96. The number of aliphatic hydroxyl groups excluding tert-OH is 1. The van der Waals surface area contributed by atoms with Crippen molar-refractivity contribution in [2.75, 3.05) is 25.0 Å². The molecule has 2 aromatic rings. The van der Waals surface area contributed by atoms with Crippen LogP contribution < -0.4 is 5.32 Å². The molecule has 0 fully saturated rings. The van der Waals surface area contributed by atoms with E-state index in [1.54, 1.807) is 11.1 Å². The zero-order chi connectivity index (χ0) is 15.1. The number of hydrogen-bond donors (Lipinski definition) is 2. The summed E-state index contributed by atoms with van der Waals surface area (Å²) in [6, 6.07) is 9.33. The number of carbonyl (C=O) groups excluding carboxylic acids is 1. The quantitative estimate of drug-likeness (QED) is 0.851. The maximum Gasteiger partial charge on any atom is 0.321 e. The molecule has 0 saturated heterocycles. The standard InChI is InChI=1S/C15H20N4O2/c1-2-18(10-11-20)15(21)17-14-6-4-13(5-7-14)12-19-9-3-8-16-19/h3-9,20H,2,10-12H2,1H3,(H,17,21). The number of nitrogens with zero attached hydrogens (tertiary/aromatic N) is 3. The van der Waals surface area contributed by atoms with Gasteiger partial charge in [-0.25, -0.2) is 4.79 Å². The van der Waals surface area contributed by atoms with Crippen LogP contribution in [0.1, 0.15) is 12.5 Å². The van der Waals surface area contributed by atoms with Gasteiger partial charge in [-0.15, -0.1) is 0 Å². The van der Waals surface area contributed by atoms with E-state index < -0.39 is 0 Å². The molecule has 0 atom stereocenters. The average Bonchev–Trinajstić information content (AvgIpc) is 2.99. The molecule has 6 nitrogen and oxygen atoms in total. The molecule has 0 unspecified atom stereocenters. The monoisotopic (exact) mass is 288 g/mol. The number of likely N-dealkylation sites (N-methyl/N-ethyl adjacent to an activating group) is 1. The van der Waals surface area contributed by atoms with E-state index in [1.165, 1.54) is 0 Å². The molecule has 0 saturated carbocycles. The fourth-order valence-electron chi connectivity index (χ4n) is 2.00. The first-order valence-electron chi connectivity index (χ1n) is 6.96. The minimum atomic E-state index is -0.202. The zero-order valence-electron chi connectivity index (χ0n) is 12.1. The topological polar surface area (TPSA) is 70.4 Å². The maximum absolute atomic E-state index is 12.0. The molecule has 0 bridgehead atoms. The second kappa shape index (κ2) is 7.44. The molecule has 0 aliphatic carbocycles. The second-order valence-corrected chi connectivity index (χ2v) is 4.63. The highest BCUT2D eigenvalue weighted by Crippen LogP contribution is 2.11. The third kappa shape index (κ3) is 4.32. The Morgan fingerprint density at radius 1 is 1.38 bits per heavy atom. The van der Waals surface area contributed by atoms with Crippen LogP contribution in [0.2, 0.25) is 0 Å². The van der Waals surface area contributed by atoms with Crippen molar-refractivity contribution < 1.29 is 9.90 Å². The minimum Gasteiger partial charge on any atom is -0.395 e. The summed E-state index contributed by atoms with van der Waals surface area (Å²) in [7, 11) is 0. The van der Waals surface area contributed by atoms with Crippen LogP contribution in [0.4, 0.5) is 10.5 Å². The summed E-state index contributed by atoms with van der Waals surface area (Å²) in [6.45, 7) is 3.43. The van der Waals surface area contributed by atoms with Gasteiger partial charge in [0.25, 0.3) is 0 Å². The number of rotatable bonds is 6. The van der Waals surface area contributed by atoms with Crippen LogP contribution in [-0.2, 0) is 6.54 Å². The Hall–Kier alpha value is -2.34. The van der Waals surface area contributed by atoms with Crippen molar-refractivity contribution >= 4 is 11.7 Å². The van der Waals surface area contributed by atoms with Crippen molar-refractivity contribution in [1.29, 1.82) is 0 Å². The van der Waals surface area contributed by atoms with Gasteiger partial charge in [-0.3, -0.25) is 4.68 Å². The van der Waals surface area contributed by atoms with Crippen molar-refractivity contribution in [3.63, 3.8) is 0 Å². The van der Waals surface area contributed by atoms with E-state index in [4.69, 9.17) is 5.11 Å². The molecule has 2 rings (SSSR count). The minimum absolute atomic E-state index is 0.0376. The van der Waals surface area contributed by atoms with Crippen LogP contribution in [0.15, 0.2) is 42.7 Å². The molecule has 1 heterocycles. The molecule has 0 radical (unpaired) electrons. The van der Waals surface area contributed by atoms with E-state index in [0.29, 0.717) is 19.6 Å². The Bertz CT molecular complexity index is 552. The average molecular weight is 288 g/mol. The van der Waals surface area contributed by atoms with E-state index in [-0.39, 0.29) is 12.6 Å². The lowest BCUT2D eigenvalue weighted by atomic mass is 10.2. The molecule has 0 aliphatic rings. The molecule has 2 N–H and O–H groups in total. The molecule has 112 valence electrons. The number of amides is 2. The van der Waals surface area contributed by atoms with Gasteiger partial charge in [-0.05, 0) is 30.7 Å². The van der Waals surface area contributed by atoms with E-state index in [9.17, 15) is 4.79 Å². The Labute approximate surface area is 124 Å². The number of urea groups is 1. The highest BCUT2D eigenvalue weighted by molar-refractivity contribution is 5.89. The third-order valence-corrected chi connectivity index (χ3v) is 3.15. The van der Waals surface area contributed by atoms with Gasteiger partial charge in [0, 0.05) is 31.2 Å². The van der Waals surface area contributed by atoms with Gasteiger partial charge in [0.2, 0.25) is 0 Å². The summed E-state index contributed by atoms with van der Waals surface area (Å²) in [5, 5.41) is 15.9. The smallest absolute Gasteiger partial charge is 0.321 e. The van der Waals surface area contributed by atoms with Crippen molar-refractivity contribution in [3.8, 4) is 0 Å². The molecular weight excluding hydrogens is 268 g/mol. The molecule has 0 aliphatic heterocycles. The molecule has 6 heteroatoms. The normalized spacial score (nSPS) is 10.4. The Morgan fingerprint density at radius 2 is 2.14 bits per heavy atom. The van der Waals surface area contributed by atoms with Crippen LogP contribution in [0.25, 0.3) is 0 Å². The lowest BCUT2D eigenvalue weighted by Gasteiger charge is -2.20. The maximum atomic E-state index is 12.0. The number of nitrogens with one attached hydrogen (secondary N) is 1. The molecule has 21 heavy (non-hydrogen) atoms. The molecule has 2 amide bonds. The van der Waals surface area contributed by atoms with Crippen LogP contribution in [0.3, 0.4) is 0 Å². The number of hydrogen-bond acceptors (Lipinski definition) is 3. The third-order valence-electron chi connectivity index (χ3n) is 3.15. The lowest BCUT2D eigenvalue weighted by Crippen LogP contribution is -2.36. The summed E-state index contributed by atoms with van der Waals surface area (Å²) in [5.74, 6) is 0. The summed E-state index contributed by atoms with van der Waals surface area (Å²) < 4.78 is 1.84. The molecule has 1 aromatic heterocycles.